The Morgan fingerprint density at radius 1 is 1.39 bits per heavy atom. The van der Waals surface area contributed by atoms with Crippen LogP contribution in [-0.4, -0.2) is 25.6 Å². The summed E-state index contributed by atoms with van der Waals surface area (Å²) in [7, 11) is 4.08. The highest BCUT2D eigenvalue weighted by Gasteiger charge is 2.18. The van der Waals surface area contributed by atoms with Crippen LogP contribution in [0.15, 0.2) is 18.3 Å². The van der Waals surface area contributed by atoms with E-state index >= 15 is 0 Å². The average Bonchev–Trinajstić information content (AvgIpc) is 2.37. The summed E-state index contributed by atoms with van der Waals surface area (Å²) in [4.78, 5) is 6.48. The molecule has 0 spiro atoms. The van der Waals surface area contributed by atoms with Gasteiger partial charge in [0.05, 0.1) is 5.69 Å². The van der Waals surface area contributed by atoms with Gasteiger partial charge < -0.3 is 10.2 Å². The molecular weight excluding hydrogens is 222 g/mol. The van der Waals surface area contributed by atoms with E-state index in [-0.39, 0.29) is 0 Å². The smallest absolute Gasteiger partial charge is 0.151 e. The standard InChI is InChI=1S/C15H25N3/c1-12-6-4-7-13(10-12)11-17-14-8-5-9-16-15(14)18(2)3/h5,8-9,12-13,17H,4,6-7,10-11H2,1-3H3. The molecule has 1 aromatic heterocycles. The summed E-state index contributed by atoms with van der Waals surface area (Å²) in [5.74, 6) is 2.75. The lowest BCUT2D eigenvalue weighted by Gasteiger charge is -2.27. The second kappa shape index (κ2) is 6.07. The highest BCUT2D eigenvalue weighted by atomic mass is 15.2. The normalized spacial score (nSPS) is 23.7. The second-order valence-corrected chi connectivity index (χ2v) is 5.79. The van der Waals surface area contributed by atoms with Crippen molar-refractivity contribution < 1.29 is 0 Å². The predicted molar refractivity (Wildman–Crippen MR) is 78.2 cm³/mol. The van der Waals surface area contributed by atoms with Crippen LogP contribution in [0.5, 0.6) is 0 Å². The summed E-state index contributed by atoms with van der Waals surface area (Å²) in [5, 5.41) is 3.58. The lowest BCUT2D eigenvalue weighted by atomic mass is 9.82. The zero-order valence-corrected chi connectivity index (χ0v) is 11.8. The van der Waals surface area contributed by atoms with Gasteiger partial charge in [-0.3, -0.25) is 0 Å². The van der Waals surface area contributed by atoms with Gasteiger partial charge in [-0.05, 0) is 36.8 Å². The van der Waals surface area contributed by atoms with Crippen LogP contribution < -0.4 is 10.2 Å². The zero-order chi connectivity index (χ0) is 13.0. The third-order valence-electron chi connectivity index (χ3n) is 3.84. The van der Waals surface area contributed by atoms with Crippen molar-refractivity contribution in [1.82, 2.24) is 4.98 Å². The van der Waals surface area contributed by atoms with Gasteiger partial charge in [0.2, 0.25) is 0 Å². The van der Waals surface area contributed by atoms with E-state index in [0.29, 0.717) is 0 Å². The summed E-state index contributed by atoms with van der Waals surface area (Å²) in [6.45, 7) is 3.46. The minimum atomic E-state index is 0.823. The maximum atomic E-state index is 4.42. The monoisotopic (exact) mass is 247 g/mol. The molecule has 3 nitrogen and oxygen atoms in total. The Labute approximate surface area is 111 Å². The maximum Gasteiger partial charge on any atom is 0.151 e. The molecule has 2 unspecified atom stereocenters. The van der Waals surface area contributed by atoms with Gasteiger partial charge in [-0.2, -0.15) is 0 Å². The second-order valence-electron chi connectivity index (χ2n) is 5.79. The molecule has 0 radical (unpaired) electrons. The number of hydrogen-bond acceptors (Lipinski definition) is 3. The van der Waals surface area contributed by atoms with Crippen molar-refractivity contribution >= 4 is 11.5 Å². The van der Waals surface area contributed by atoms with Gasteiger partial charge in [0.25, 0.3) is 0 Å². The van der Waals surface area contributed by atoms with Gasteiger partial charge in [0.15, 0.2) is 5.82 Å². The first-order valence-electron chi connectivity index (χ1n) is 7.03. The quantitative estimate of drug-likeness (QED) is 0.884. The van der Waals surface area contributed by atoms with E-state index in [1.165, 1.54) is 25.7 Å². The van der Waals surface area contributed by atoms with Gasteiger partial charge in [0, 0.05) is 26.8 Å². The number of pyridine rings is 1. The third-order valence-corrected chi connectivity index (χ3v) is 3.84. The summed E-state index contributed by atoms with van der Waals surface area (Å²) >= 11 is 0. The Balaban J connectivity index is 1.93. The fraction of sp³-hybridized carbons (Fsp3) is 0.667. The molecule has 2 atom stereocenters. The molecule has 0 saturated heterocycles. The van der Waals surface area contributed by atoms with Crippen LogP contribution in [0.25, 0.3) is 0 Å². The number of rotatable bonds is 4. The van der Waals surface area contributed by atoms with Crippen molar-refractivity contribution in [2.45, 2.75) is 32.6 Å². The Morgan fingerprint density at radius 3 is 2.94 bits per heavy atom. The highest BCUT2D eigenvalue weighted by Crippen LogP contribution is 2.29. The van der Waals surface area contributed by atoms with Crippen LogP contribution in [0.1, 0.15) is 32.6 Å². The van der Waals surface area contributed by atoms with Crippen molar-refractivity contribution in [1.29, 1.82) is 0 Å². The molecule has 1 fully saturated rings. The number of nitrogens with zero attached hydrogens (tertiary/aromatic N) is 2. The largest absolute Gasteiger partial charge is 0.382 e. The average molecular weight is 247 g/mol. The molecule has 0 aromatic carbocycles. The molecule has 1 aromatic rings. The van der Waals surface area contributed by atoms with Gasteiger partial charge in [-0.1, -0.05) is 19.8 Å². The fourth-order valence-corrected chi connectivity index (χ4v) is 2.89. The number of hydrogen-bond donors (Lipinski definition) is 1. The first-order chi connectivity index (χ1) is 8.66. The van der Waals surface area contributed by atoms with E-state index in [0.717, 1.165) is 29.9 Å². The molecule has 1 aliphatic rings. The first-order valence-corrected chi connectivity index (χ1v) is 7.03. The lowest BCUT2D eigenvalue weighted by Crippen LogP contribution is -2.22. The molecule has 0 bridgehead atoms. The topological polar surface area (TPSA) is 28.2 Å². The van der Waals surface area contributed by atoms with E-state index < -0.39 is 0 Å². The van der Waals surface area contributed by atoms with Crippen LogP contribution in [0.2, 0.25) is 0 Å². The molecule has 2 rings (SSSR count). The Kier molecular flexibility index (Phi) is 4.45. The third kappa shape index (κ3) is 3.37. The summed E-state index contributed by atoms with van der Waals surface area (Å²) in [6.07, 6.45) is 7.39. The predicted octanol–water partition coefficient (Wildman–Crippen LogP) is 3.39. The maximum absolute atomic E-state index is 4.42. The molecule has 3 heteroatoms. The van der Waals surface area contributed by atoms with Gasteiger partial charge in [-0.15, -0.1) is 0 Å². The van der Waals surface area contributed by atoms with Crippen LogP contribution in [0.3, 0.4) is 0 Å². The Bertz CT molecular complexity index is 376. The van der Waals surface area contributed by atoms with Gasteiger partial charge in [0.1, 0.15) is 0 Å². The lowest BCUT2D eigenvalue weighted by molar-refractivity contribution is 0.293. The molecule has 1 aliphatic carbocycles. The minimum Gasteiger partial charge on any atom is -0.382 e. The van der Waals surface area contributed by atoms with Crippen LogP contribution in [0.4, 0.5) is 11.5 Å². The van der Waals surface area contributed by atoms with E-state index in [1.54, 1.807) is 0 Å². The SMILES string of the molecule is CC1CCCC(CNc2cccnc2N(C)C)C1. The van der Waals surface area contributed by atoms with E-state index in [9.17, 15) is 0 Å². The van der Waals surface area contributed by atoms with Crippen molar-refractivity contribution in [3.05, 3.63) is 18.3 Å². The Morgan fingerprint density at radius 2 is 2.22 bits per heavy atom. The number of aromatic nitrogens is 1. The molecular formula is C15H25N3. The zero-order valence-electron chi connectivity index (χ0n) is 11.8. The van der Waals surface area contributed by atoms with Crippen molar-refractivity contribution in [2.75, 3.05) is 30.9 Å². The molecule has 1 saturated carbocycles. The van der Waals surface area contributed by atoms with Gasteiger partial charge in [-0.25, -0.2) is 4.98 Å². The fourth-order valence-electron chi connectivity index (χ4n) is 2.89. The number of nitrogens with one attached hydrogen (secondary N) is 1. The van der Waals surface area contributed by atoms with E-state index in [4.69, 9.17) is 0 Å². The Hall–Kier alpha value is -1.25. The van der Waals surface area contributed by atoms with E-state index in [1.807, 2.05) is 26.4 Å². The van der Waals surface area contributed by atoms with Crippen LogP contribution in [-0.2, 0) is 0 Å². The molecule has 0 aliphatic heterocycles. The highest BCUT2D eigenvalue weighted by molar-refractivity contribution is 5.64. The molecule has 1 heterocycles. The summed E-state index contributed by atoms with van der Waals surface area (Å²) < 4.78 is 0. The summed E-state index contributed by atoms with van der Waals surface area (Å²) in [5.41, 5.74) is 1.15. The van der Waals surface area contributed by atoms with Crippen molar-refractivity contribution in [3.8, 4) is 0 Å². The number of anilines is 2. The minimum absolute atomic E-state index is 0.823. The molecule has 18 heavy (non-hydrogen) atoms. The van der Waals surface area contributed by atoms with Crippen molar-refractivity contribution in [2.24, 2.45) is 11.8 Å². The van der Waals surface area contributed by atoms with Crippen LogP contribution >= 0.6 is 0 Å². The van der Waals surface area contributed by atoms with Crippen LogP contribution in [0, 0.1) is 11.8 Å². The van der Waals surface area contributed by atoms with Gasteiger partial charge >= 0.3 is 0 Å². The molecule has 100 valence electrons. The van der Waals surface area contributed by atoms with E-state index in [2.05, 4.69) is 28.2 Å². The summed E-state index contributed by atoms with van der Waals surface area (Å²) in [6, 6.07) is 4.12. The van der Waals surface area contributed by atoms with Crippen molar-refractivity contribution in [3.63, 3.8) is 0 Å². The molecule has 0 amide bonds. The molecule has 1 N–H and O–H groups in total. The first kappa shape index (κ1) is 13.2.